The van der Waals surface area contributed by atoms with E-state index in [4.69, 9.17) is 10.5 Å². The number of nitriles is 2. The van der Waals surface area contributed by atoms with Gasteiger partial charge in [-0.05, 0) is 17.9 Å². The molecule has 2 aromatic heterocycles. The van der Waals surface area contributed by atoms with Gasteiger partial charge in [0.05, 0.1) is 22.9 Å². The molecule has 0 bridgehead atoms. The van der Waals surface area contributed by atoms with Crippen LogP contribution < -0.4 is 0 Å². The van der Waals surface area contributed by atoms with Crippen LogP contribution in [0, 0.1) is 28.6 Å². The minimum atomic E-state index is -0.124. The lowest BCUT2D eigenvalue weighted by Crippen LogP contribution is -2.02. The van der Waals surface area contributed by atoms with E-state index in [1.807, 2.05) is 29.1 Å². The lowest BCUT2D eigenvalue weighted by Gasteiger charge is -2.06. The summed E-state index contributed by atoms with van der Waals surface area (Å²) < 4.78 is 1.94. The predicted octanol–water partition coefficient (Wildman–Crippen LogP) is 3.08. The Balaban J connectivity index is 2.01. The van der Waals surface area contributed by atoms with Gasteiger partial charge in [0.2, 0.25) is 0 Å². The summed E-state index contributed by atoms with van der Waals surface area (Å²) in [5, 5.41) is 28.8. The Kier molecular flexibility index (Phi) is 5.16. The molecule has 0 fully saturated rings. The Morgan fingerprint density at radius 3 is 2.95 bits per heavy atom. The summed E-state index contributed by atoms with van der Waals surface area (Å²) in [6, 6.07) is 8.30. The predicted molar refractivity (Wildman–Crippen MR) is 79.0 cm³/mol. The van der Waals surface area contributed by atoms with Gasteiger partial charge in [0, 0.05) is 19.2 Å². The third kappa shape index (κ3) is 3.38. The summed E-state index contributed by atoms with van der Waals surface area (Å²) in [5.74, 6) is 1.35. The molecule has 2 rings (SSSR count). The van der Waals surface area contributed by atoms with Crippen molar-refractivity contribution in [2.75, 3.05) is 5.75 Å². The van der Waals surface area contributed by atoms with Crippen molar-refractivity contribution in [2.24, 2.45) is 13.0 Å². The number of hydrogen-bond donors (Lipinski definition) is 0. The molecule has 0 aliphatic heterocycles. The average molecular weight is 303 g/mol. The maximum absolute atomic E-state index is 9.04. The number of thiophene rings is 1. The number of nitrogens with zero attached hydrogens (tertiary/aromatic N) is 5. The van der Waals surface area contributed by atoms with E-state index >= 15 is 0 Å². The van der Waals surface area contributed by atoms with Crippen molar-refractivity contribution in [3.63, 3.8) is 0 Å². The van der Waals surface area contributed by atoms with Gasteiger partial charge in [0.1, 0.15) is 0 Å². The van der Waals surface area contributed by atoms with E-state index in [9.17, 15) is 0 Å². The van der Waals surface area contributed by atoms with Crippen LogP contribution in [-0.2, 0) is 7.05 Å². The van der Waals surface area contributed by atoms with Crippen molar-refractivity contribution < 1.29 is 0 Å². The zero-order valence-electron chi connectivity index (χ0n) is 11.0. The lowest BCUT2D eigenvalue weighted by molar-refractivity contribution is 0.682. The second-order valence-electron chi connectivity index (χ2n) is 4.18. The van der Waals surface area contributed by atoms with Crippen LogP contribution in [-0.4, -0.2) is 20.5 Å². The van der Waals surface area contributed by atoms with Gasteiger partial charge in [-0.2, -0.15) is 10.5 Å². The molecule has 2 heterocycles. The average Bonchev–Trinajstić information content (AvgIpc) is 3.09. The van der Waals surface area contributed by atoms with E-state index in [0.29, 0.717) is 18.6 Å². The van der Waals surface area contributed by atoms with Crippen LogP contribution >= 0.6 is 23.1 Å². The zero-order chi connectivity index (χ0) is 14.4. The summed E-state index contributed by atoms with van der Waals surface area (Å²) in [6.07, 6.45) is 1.02. The highest BCUT2D eigenvalue weighted by atomic mass is 32.2. The summed E-state index contributed by atoms with van der Waals surface area (Å²) in [5.41, 5.74) is 0. The van der Waals surface area contributed by atoms with E-state index in [1.165, 1.54) is 11.8 Å². The zero-order valence-corrected chi connectivity index (χ0v) is 12.6. The first-order valence-electron chi connectivity index (χ1n) is 6.09. The van der Waals surface area contributed by atoms with Gasteiger partial charge in [0.15, 0.2) is 11.0 Å². The van der Waals surface area contributed by atoms with Crippen molar-refractivity contribution in [1.29, 1.82) is 10.5 Å². The summed E-state index contributed by atoms with van der Waals surface area (Å²) in [6.45, 7) is 0. The van der Waals surface area contributed by atoms with Crippen LogP contribution in [0.15, 0.2) is 22.7 Å². The van der Waals surface area contributed by atoms with Crippen molar-refractivity contribution >= 4 is 23.1 Å². The SMILES string of the molecule is Cn1c(SC[C@@H](C#N)CCC#N)nnc1-c1cccs1. The molecule has 0 saturated heterocycles. The topological polar surface area (TPSA) is 78.3 Å². The number of aromatic nitrogens is 3. The standard InChI is InChI=1S/C13H13N5S2/c1-18-12(11-5-3-7-19-11)16-17-13(18)20-9-10(8-15)4-2-6-14/h3,5,7,10H,2,4,9H2,1H3/t10-/m1/s1. The highest BCUT2D eigenvalue weighted by Crippen LogP contribution is 2.27. The second-order valence-corrected chi connectivity index (χ2v) is 6.11. The van der Waals surface area contributed by atoms with Crippen molar-refractivity contribution in [3.05, 3.63) is 17.5 Å². The van der Waals surface area contributed by atoms with E-state index in [0.717, 1.165) is 15.9 Å². The van der Waals surface area contributed by atoms with Gasteiger partial charge >= 0.3 is 0 Å². The fourth-order valence-corrected chi connectivity index (χ4v) is 3.37. The third-order valence-electron chi connectivity index (χ3n) is 2.78. The van der Waals surface area contributed by atoms with Crippen LogP contribution in [0.1, 0.15) is 12.8 Å². The van der Waals surface area contributed by atoms with Crippen LogP contribution in [0.25, 0.3) is 10.7 Å². The first-order chi connectivity index (χ1) is 9.76. The molecule has 0 spiro atoms. The summed E-state index contributed by atoms with van der Waals surface area (Å²) in [7, 11) is 1.92. The van der Waals surface area contributed by atoms with Gasteiger partial charge in [-0.3, -0.25) is 0 Å². The molecule has 2 aromatic rings. The maximum Gasteiger partial charge on any atom is 0.191 e. The molecule has 0 unspecified atom stereocenters. The number of rotatable bonds is 6. The highest BCUT2D eigenvalue weighted by molar-refractivity contribution is 7.99. The molecule has 0 saturated carbocycles. The molecule has 0 amide bonds. The molecule has 0 radical (unpaired) electrons. The van der Waals surface area contributed by atoms with Crippen molar-refractivity contribution in [3.8, 4) is 22.8 Å². The molecule has 0 aromatic carbocycles. The van der Waals surface area contributed by atoms with E-state index in [2.05, 4.69) is 22.3 Å². The van der Waals surface area contributed by atoms with Gasteiger partial charge in [-0.1, -0.05) is 17.8 Å². The summed E-state index contributed by atoms with van der Waals surface area (Å²) >= 11 is 3.13. The third-order valence-corrected chi connectivity index (χ3v) is 4.83. The minimum absolute atomic E-state index is 0.124. The normalized spacial score (nSPS) is 11.8. The Bertz CT molecular complexity index is 633. The van der Waals surface area contributed by atoms with Crippen molar-refractivity contribution in [1.82, 2.24) is 14.8 Å². The fraction of sp³-hybridized carbons (Fsp3) is 0.385. The van der Waals surface area contributed by atoms with Crippen molar-refractivity contribution in [2.45, 2.75) is 18.0 Å². The molecule has 102 valence electrons. The monoisotopic (exact) mass is 303 g/mol. The first-order valence-corrected chi connectivity index (χ1v) is 7.95. The quantitative estimate of drug-likeness (QED) is 0.766. The Hall–Kier alpha value is -1.83. The highest BCUT2D eigenvalue weighted by Gasteiger charge is 2.14. The fourth-order valence-electron chi connectivity index (χ4n) is 1.66. The Labute approximate surface area is 125 Å². The lowest BCUT2D eigenvalue weighted by atomic mass is 10.1. The van der Waals surface area contributed by atoms with E-state index < -0.39 is 0 Å². The Morgan fingerprint density at radius 2 is 2.30 bits per heavy atom. The van der Waals surface area contributed by atoms with E-state index in [-0.39, 0.29) is 5.92 Å². The molecule has 5 nitrogen and oxygen atoms in total. The first kappa shape index (κ1) is 14.6. The van der Waals surface area contributed by atoms with Crippen LogP contribution in [0.3, 0.4) is 0 Å². The minimum Gasteiger partial charge on any atom is -0.305 e. The second kappa shape index (κ2) is 7.09. The molecule has 20 heavy (non-hydrogen) atoms. The van der Waals surface area contributed by atoms with Gasteiger partial charge in [0.25, 0.3) is 0 Å². The molecular formula is C13H13N5S2. The Morgan fingerprint density at radius 1 is 1.45 bits per heavy atom. The van der Waals surface area contributed by atoms with Crippen LogP contribution in [0.4, 0.5) is 0 Å². The summed E-state index contributed by atoms with van der Waals surface area (Å²) in [4.78, 5) is 1.08. The number of thioether (sulfide) groups is 1. The smallest absolute Gasteiger partial charge is 0.191 e. The van der Waals surface area contributed by atoms with Gasteiger partial charge in [-0.25, -0.2) is 0 Å². The molecule has 7 heteroatoms. The molecule has 0 N–H and O–H groups in total. The van der Waals surface area contributed by atoms with Gasteiger partial charge < -0.3 is 4.57 Å². The van der Waals surface area contributed by atoms with Crippen LogP contribution in [0.5, 0.6) is 0 Å². The van der Waals surface area contributed by atoms with Crippen LogP contribution in [0.2, 0.25) is 0 Å². The van der Waals surface area contributed by atoms with Gasteiger partial charge in [-0.15, -0.1) is 21.5 Å². The molecular weight excluding hydrogens is 290 g/mol. The molecule has 1 atom stereocenters. The largest absolute Gasteiger partial charge is 0.305 e. The molecule has 0 aliphatic rings. The maximum atomic E-state index is 9.04. The number of hydrogen-bond acceptors (Lipinski definition) is 6. The van der Waals surface area contributed by atoms with E-state index in [1.54, 1.807) is 11.3 Å². The molecule has 0 aliphatic carbocycles.